The van der Waals surface area contributed by atoms with E-state index in [9.17, 15) is 41.6 Å². The Morgan fingerprint density at radius 2 is 1.61 bits per heavy atom. The molecule has 3 N–H and O–H groups in total. The molecule has 16 nitrogen and oxygen atoms in total. The van der Waals surface area contributed by atoms with E-state index < -0.39 is 62.6 Å². The summed E-state index contributed by atoms with van der Waals surface area (Å²) in [4.78, 5) is 18.6. The van der Waals surface area contributed by atoms with Crippen molar-refractivity contribution in [2.45, 2.75) is 9.79 Å². The van der Waals surface area contributed by atoms with Gasteiger partial charge in [-0.1, -0.05) is 5.21 Å². The fourth-order valence-corrected chi connectivity index (χ4v) is 3.87. The van der Waals surface area contributed by atoms with E-state index in [1.807, 2.05) is 0 Å². The number of hydrogen-bond acceptors (Lipinski definition) is 10. The minimum atomic E-state index is -5.08. The number of hydrogen-bond donors (Lipinski definition) is 3. The molecule has 162 valence electrons. The number of non-ortho nitro benzene ring substituents is 1. The number of nitrogens with zero attached hydrogens (tertiary/aromatic N) is 5. The van der Waals surface area contributed by atoms with Crippen LogP contribution in [0.1, 0.15) is 0 Å². The van der Waals surface area contributed by atoms with E-state index in [0.717, 1.165) is 28.9 Å². The van der Waals surface area contributed by atoms with E-state index in [0.29, 0.717) is 12.1 Å². The monoisotopic (exact) mass is 473 g/mol. The molecule has 0 spiro atoms. The molecule has 3 rings (SSSR count). The normalized spacial score (nSPS) is 11.9. The number of H-pyrrole nitrogens is 1. The van der Waals surface area contributed by atoms with Crippen LogP contribution in [-0.4, -0.2) is 51.3 Å². The number of nitro benzene ring substituents is 2. The number of benzene rings is 2. The first-order valence-corrected chi connectivity index (χ1v) is 10.5. The predicted molar refractivity (Wildman–Crippen MR) is 96.3 cm³/mol. The summed E-state index contributed by atoms with van der Waals surface area (Å²) in [6, 6.07) is 4.66. The van der Waals surface area contributed by atoms with Crippen molar-refractivity contribution >= 4 is 31.6 Å². The SMILES string of the molecule is O=[N+]([O-])c1ccc(-[n+]2[nH]nnc2-c2ccc(S(=O)(=O)O)cc2S(=O)(=O)O)c([N+](=O)[O-])c1. The maximum Gasteiger partial charge on any atom is 0.338 e. The molecule has 0 unspecified atom stereocenters. The number of tetrazole rings is 1. The molecule has 0 bridgehead atoms. The van der Waals surface area contributed by atoms with Crippen LogP contribution in [0.25, 0.3) is 17.1 Å². The molecule has 0 aliphatic heterocycles. The van der Waals surface area contributed by atoms with Crippen molar-refractivity contribution in [2.75, 3.05) is 0 Å². The highest BCUT2D eigenvalue weighted by Gasteiger charge is 2.32. The second-order valence-electron chi connectivity index (χ2n) is 5.75. The van der Waals surface area contributed by atoms with Crippen LogP contribution in [-0.2, 0) is 20.2 Å². The summed E-state index contributed by atoms with van der Waals surface area (Å²) >= 11 is 0. The lowest BCUT2D eigenvalue weighted by Crippen LogP contribution is -2.36. The Kier molecular flexibility index (Phi) is 5.23. The quantitative estimate of drug-likeness (QED) is 0.186. The van der Waals surface area contributed by atoms with Gasteiger partial charge in [-0.2, -0.15) is 16.8 Å². The summed E-state index contributed by atoms with van der Waals surface area (Å²) in [5, 5.41) is 31.6. The fourth-order valence-electron chi connectivity index (χ4n) is 2.57. The molecule has 2 aromatic carbocycles. The van der Waals surface area contributed by atoms with Gasteiger partial charge in [0, 0.05) is 6.07 Å². The molecule has 31 heavy (non-hydrogen) atoms. The topological polar surface area (TPSA) is 240 Å². The zero-order valence-corrected chi connectivity index (χ0v) is 16.3. The van der Waals surface area contributed by atoms with Crippen LogP contribution in [0.5, 0.6) is 0 Å². The number of aromatic amines is 1. The lowest BCUT2D eigenvalue weighted by Gasteiger charge is -2.06. The third-order valence-corrected chi connectivity index (χ3v) is 5.62. The second-order valence-corrected chi connectivity index (χ2v) is 8.57. The van der Waals surface area contributed by atoms with E-state index in [1.165, 1.54) is 0 Å². The highest BCUT2D eigenvalue weighted by atomic mass is 32.2. The first-order chi connectivity index (χ1) is 14.3. The first kappa shape index (κ1) is 21.8. The number of nitro groups is 2. The molecule has 18 heteroatoms. The van der Waals surface area contributed by atoms with Crippen LogP contribution in [0.3, 0.4) is 0 Å². The van der Waals surface area contributed by atoms with Gasteiger partial charge in [0.1, 0.15) is 9.99 Å². The Hall–Kier alpha value is -3.87. The predicted octanol–water partition coefficient (Wildman–Crippen LogP) is 0.0582. The number of nitrogens with one attached hydrogen (secondary N) is 1. The van der Waals surface area contributed by atoms with Crippen molar-refractivity contribution in [3.63, 3.8) is 0 Å². The summed E-state index contributed by atoms with van der Waals surface area (Å²) in [7, 11) is -9.92. The molecule has 0 saturated carbocycles. The summed E-state index contributed by atoms with van der Waals surface area (Å²) in [5.41, 5.74) is -2.15. The van der Waals surface area contributed by atoms with Crippen molar-refractivity contribution in [3.05, 3.63) is 56.6 Å². The van der Waals surface area contributed by atoms with Crippen molar-refractivity contribution in [3.8, 4) is 17.1 Å². The molecule has 0 amide bonds. The van der Waals surface area contributed by atoms with Gasteiger partial charge >= 0.3 is 11.5 Å². The number of aromatic nitrogens is 4. The molecule has 0 atom stereocenters. The Bertz CT molecular complexity index is 1450. The molecule has 3 aromatic rings. The zero-order valence-electron chi connectivity index (χ0n) is 14.7. The largest absolute Gasteiger partial charge is 0.338 e. The van der Waals surface area contributed by atoms with E-state index in [4.69, 9.17) is 4.55 Å². The molecule has 0 radical (unpaired) electrons. The van der Waals surface area contributed by atoms with Crippen LogP contribution < -0.4 is 4.68 Å². The van der Waals surface area contributed by atoms with Crippen LogP contribution in [0.2, 0.25) is 0 Å². The highest BCUT2D eigenvalue weighted by molar-refractivity contribution is 7.86. The van der Waals surface area contributed by atoms with Gasteiger partial charge < -0.3 is 0 Å². The van der Waals surface area contributed by atoms with Crippen molar-refractivity contribution in [1.82, 2.24) is 15.5 Å². The summed E-state index contributed by atoms with van der Waals surface area (Å²) in [6.07, 6.45) is 0. The zero-order chi connectivity index (χ0) is 23.1. The van der Waals surface area contributed by atoms with Gasteiger partial charge in [0.2, 0.25) is 5.69 Å². The molecule has 1 heterocycles. The molecular formula is C13H9N6O10S2+. The van der Waals surface area contributed by atoms with Crippen LogP contribution in [0.15, 0.2) is 46.2 Å². The molecule has 0 fully saturated rings. The Morgan fingerprint density at radius 1 is 0.935 bits per heavy atom. The van der Waals surface area contributed by atoms with Gasteiger partial charge in [0.25, 0.3) is 25.9 Å². The lowest BCUT2D eigenvalue weighted by molar-refractivity contribution is -0.653. The maximum atomic E-state index is 11.8. The average molecular weight is 473 g/mol. The minimum Gasteiger partial charge on any atom is -0.282 e. The summed E-state index contributed by atoms with van der Waals surface area (Å²) in [5.74, 6) is -0.438. The van der Waals surface area contributed by atoms with E-state index in [1.54, 1.807) is 0 Å². The summed E-state index contributed by atoms with van der Waals surface area (Å²) < 4.78 is 65.7. The smallest absolute Gasteiger partial charge is 0.282 e. The first-order valence-electron chi connectivity index (χ1n) is 7.66. The fraction of sp³-hybridized carbons (Fsp3) is 0. The van der Waals surface area contributed by atoms with Crippen LogP contribution in [0, 0.1) is 20.2 Å². The van der Waals surface area contributed by atoms with Gasteiger partial charge in [-0.05, 0) is 24.3 Å². The number of rotatable bonds is 6. The molecule has 0 aliphatic carbocycles. The van der Waals surface area contributed by atoms with E-state index >= 15 is 0 Å². The molecule has 0 saturated heterocycles. The van der Waals surface area contributed by atoms with Crippen molar-refractivity contribution < 1.29 is 40.5 Å². The molecular weight excluding hydrogens is 464 g/mol. The Labute approximate surface area is 171 Å². The van der Waals surface area contributed by atoms with Crippen molar-refractivity contribution in [2.24, 2.45) is 0 Å². The lowest BCUT2D eigenvalue weighted by atomic mass is 10.2. The maximum absolute atomic E-state index is 11.8. The van der Waals surface area contributed by atoms with Gasteiger partial charge in [-0.15, -0.1) is 4.68 Å². The minimum absolute atomic E-state index is 0.337. The summed E-state index contributed by atoms with van der Waals surface area (Å²) in [6.45, 7) is 0. The third-order valence-electron chi connectivity index (χ3n) is 3.88. The Morgan fingerprint density at radius 3 is 2.16 bits per heavy atom. The van der Waals surface area contributed by atoms with Crippen molar-refractivity contribution in [1.29, 1.82) is 0 Å². The second kappa shape index (κ2) is 7.43. The molecule has 1 aromatic heterocycles. The average Bonchev–Trinajstić information content (AvgIpc) is 3.15. The Balaban J connectivity index is 2.31. The van der Waals surface area contributed by atoms with Crippen LogP contribution >= 0.6 is 0 Å². The van der Waals surface area contributed by atoms with Gasteiger partial charge in [0.05, 0.1) is 26.4 Å². The van der Waals surface area contributed by atoms with E-state index in [-0.39, 0.29) is 5.69 Å². The van der Waals surface area contributed by atoms with Gasteiger partial charge in [-0.3, -0.25) is 29.3 Å². The van der Waals surface area contributed by atoms with Gasteiger partial charge in [-0.25, -0.2) is 0 Å². The standard InChI is InChI=1S/C13H8N6O10S2/c20-18(21)7-1-4-10(11(5-7)19(22)23)17-13(14-15-16-17)9-3-2-8(30(24,25)26)6-12(9)31(27,28)29/h1-6H,(H2,24,25,26,27,28,29)/p+1. The van der Waals surface area contributed by atoms with Crippen LogP contribution in [0.4, 0.5) is 11.4 Å². The van der Waals surface area contributed by atoms with E-state index in [2.05, 4.69) is 15.5 Å². The van der Waals surface area contributed by atoms with Gasteiger partial charge in [0.15, 0.2) is 5.21 Å². The third kappa shape index (κ3) is 4.21. The molecule has 0 aliphatic rings. The highest BCUT2D eigenvalue weighted by Crippen LogP contribution is 2.29.